The topological polar surface area (TPSA) is 78.9 Å². The molecule has 0 bridgehead atoms. The van der Waals surface area contributed by atoms with E-state index in [1.807, 2.05) is 0 Å². The van der Waals surface area contributed by atoms with Crippen molar-refractivity contribution in [2.24, 2.45) is 5.92 Å². The number of rotatable bonds is 57. The maximum atomic E-state index is 12.9. The Labute approximate surface area is 425 Å². The summed E-state index contributed by atoms with van der Waals surface area (Å²) in [5.41, 5.74) is 0. The van der Waals surface area contributed by atoms with Gasteiger partial charge in [-0.1, -0.05) is 317 Å². The predicted octanol–water partition coefficient (Wildman–Crippen LogP) is 20.6. The first-order valence-corrected chi connectivity index (χ1v) is 30.9. The van der Waals surface area contributed by atoms with Gasteiger partial charge in [0.15, 0.2) is 6.10 Å². The maximum absolute atomic E-state index is 12.9. The zero-order chi connectivity index (χ0) is 49.5. The van der Waals surface area contributed by atoms with Crippen molar-refractivity contribution in [1.82, 2.24) is 0 Å². The average Bonchev–Trinajstić information content (AvgIpc) is 3.32. The zero-order valence-corrected chi connectivity index (χ0v) is 46.6. The quantitative estimate of drug-likeness (QED) is 0.0343. The number of ether oxygens (including phenoxy) is 3. The second kappa shape index (κ2) is 56.3. The van der Waals surface area contributed by atoms with E-state index < -0.39 is 6.10 Å². The Hall–Kier alpha value is -1.59. The van der Waals surface area contributed by atoms with E-state index in [0.717, 1.165) is 63.7 Å². The van der Waals surface area contributed by atoms with Crippen LogP contribution in [0, 0.1) is 5.92 Å². The van der Waals surface area contributed by atoms with Crippen molar-refractivity contribution in [1.29, 1.82) is 0 Å². The van der Waals surface area contributed by atoms with Crippen LogP contribution in [-0.2, 0) is 28.6 Å². The Bertz CT molecular complexity index is 1030. The molecule has 68 heavy (non-hydrogen) atoms. The van der Waals surface area contributed by atoms with Crippen molar-refractivity contribution in [3.8, 4) is 0 Å². The summed E-state index contributed by atoms with van der Waals surface area (Å²) < 4.78 is 16.9. The summed E-state index contributed by atoms with van der Waals surface area (Å²) in [5.74, 6) is 0.0276. The summed E-state index contributed by atoms with van der Waals surface area (Å²) in [6.07, 6.45) is 62.4. The molecule has 0 N–H and O–H groups in total. The first-order valence-electron chi connectivity index (χ1n) is 30.9. The lowest BCUT2D eigenvalue weighted by molar-refractivity contribution is -0.167. The van der Waals surface area contributed by atoms with E-state index in [9.17, 15) is 14.4 Å². The smallest absolute Gasteiger partial charge is 0.306 e. The van der Waals surface area contributed by atoms with Crippen LogP contribution in [0.1, 0.15) is 355 Å². The van der Waals surface area contributed by atoms with E-state index >= 15 is 0 Å². The molecule has 0 aromatic carbocycles. The van der Waals surface area contributed by atoms with Crippen molar-refractivity contribution < 1.29 is 28.6 Å². The molecule has 0 unspecified atom stereocenters. The van der Waals surface area contributed by atoms with E-state index in [-0.39, 0.29) is 31.1 Å². The van der Waals surface area contributed by atoms with Crippen molar-refractivity contribution in [2.75, 3.05) is 13.2 Å². The van der Waals surface area contributed by atoms with Gasteiger partial charge >= 0.3 is 17.9 Å². The lowest BCUT2D eigenvalue weighted by atomic mass is 10.0. The van der Waals surface area contributed by atoms with Crippen LogP contribution >= 0.6 is 0 Å². The molecular formula is C62H120O6. The molecule has 0 fully saturated rings. The second-order valence-corrected chi connectivity index (χ2v) is 21.8. The Morgan fingerprint density at radius 2 is 0.485 bits per heavy atom. The van der Waals surface area contributed by atoms with Crippen LogP contribution in [0.15, 0.2) is 0 Å². The van der Waals surface area contributed by atoms with Crippen LogP contribution in [-0.4, -0.2) is 37.2 Å². The summed E-state index contributed by atoms with van der Waals surface area (Å²) in [6, 6.07) is 0. The summed E-state index contributed by atoms with van der Waals surface area (Å²) in [6.45, 7) is 9.09. The maximum Gasteiger partial charge on any atom is 0.306 e. The largest absolute Gasteiger partial charge is 0.462 e. The number of hydrogen-bond acceptors (Lipinski definition) is 6. The molecule has 0 aliphatic rings. The molecule has 0 heterocycles. The Morgan fingerprint density at radius 3 is 0.721 bits per heavy atom. The van der Waals surface area contributed by atoms with Gasteiger partial charge in [0, 0.05) is 19.3 Å². The van der Waals surface area contributed by atoms with Crippen LogP contribution in [0.25, 0.3) is 0 Å². The van der Waals surface area contributed by atoms with Gasteiger partial charge in [0.25, 0.3) is 0 Å². The third-order valence-electron chi connectivity index (χ3n) is 14.3. The molecule has 0 amide bonds. The molecule has 0 aliphatic heterocycles. The molecule has 1 atom stereocenters. The van der Waals surface area contributed by atoms with Crippen molar-refractivity contribution in [2.45, 2.75) is 361 Å². The molecule has 6 heteroatoms. The zero-order valence-electron chi connectivity index (χ0n) is 46.6. The van der Waals surface area contributed by atoms with Crippen LogP contribution in [0.4, 0.5) is 0 Å². The molecule has 404 valence electrons. The minimum absolute atomic E-state index is 0.0613. The highest BCUT2D eigenvalue weighted by atomic mass is 16.6. The molecule has 0 saturated heterocycles. The fourth-order valence-electron chi connectivity index (χ4n) is 9.63. The van der Waals surface area contributed by atoms with E-state index in [4.69, 9.17) is 14.2 Å². The van der Waals surface area contributed by atoms with E-state index in [2.05, 4.69) is 27.7 Å². The minimum atomic E-state index is -0.762. The van der Waals surface area contributed by atoms with Gasteiger partial charge in [-0.15, -0.1) is 0 Å². The Kier molecular flexibility index (Phi) is 55.0. The van der Waals surface area contributed by atoms with Gasteiger partial charge in [0.2, 0.25) is 0 Å². The first kappa shape index (κ1) is 66.4. The molecule has 0 saturated carbocycles. The molecule has 0 spiro atoms. The lowest BCUT2D eigenvalue weighted by Gasteiger charge is -2.18. The van der Waals surface area contributed by atoms with E-state index in [1.54, 1.807) is 0 Å². The number of carbonyl (C=O) groups is 3. The highest BCUT2D eigenvalue weighted by molar-refractivity contribution is 5.71. The van der Waals surface area contributed by atoms with Gasteiger partial charge in [-0.3, -0.25) is 14.4 Å². The normalized spacial score (nSPS) is 12.0. The predicted molar refractivity (Wildman–Crippen MR) is 293 cm³/mol. The fraction of sp³-hybridized carbons (Fsp3) is 0.952. The van der Waals surface area contributed by atoms with Crippen molar-refractivity contribution >= 4 is 17.9 Å². The van der Waals surface area contributed by atoms with Crippen molar-refractivity contribution in [3.05, 3.63) is 0 Å². The third kappa shape index (κ3) is 55.3. The third-order valence-corrected chi connectivity index (χ3v) is 14.3. The molecule has 0 aromatic heterocycles. The molecule has 0 radical (unpaired) electrons. The van der Waals surface area contributed by atoms with Gasteiger partial charge < -0.3 is 14.2 Å². The van der Waals surface area contributed by atoms with Crippen LogP contribution in [0.2, 0.25) is 0 Å². The van der Waals surface area contributed by atoms with E-state index in [1.165, 1.54) is 250 Å². The van der Waals surface area contributed by atoms with Crippen LogP contribution in [0.3, 0.4) is 0 Å². The highest BCUT2D eigenvalue weighted by Gasteiger charge is 2.19. The summed E-state index contributed by atoms with van der Waals surface area (Å²) in [7, 11) is 0. The summed E-state index contributed by atoms with van der Waals surface area (Å²) in [5, 5.41) is 0. The standard InChI is InChI=1S/C62H120O6/c1-5-7-9-11-13-15-17-19-20-23-27-30-34-38-42-46-50-54-61(64)67-57-59(56-66-60(63)53-49-45-41-37-33-18-16-14-12-10-8-6-2)68-62(65)55-51-47-43-39-35-31-28-25-22-21-24-26-29-32-36-40-44-48-52-58(3)4/h58-59H,5-57H2,1-4H3/t59-/m0/s1. The Balaban J connectivity index is 4.24. The lowest BCUT2D eigenvalue weighted by Crippen LogP contribution is -2.30. The van der Waals surface area contributed by atoms with Gasteiger partial charge in [-0.05, 0) is 25.2 Å². The number of esters is 3. The number of hydrogen-bond donors (Lipinski definition) is 0. The van der Waals surface area contributed by atoms with Crippen LogP contribution in [0.5, 0.6) is 0 Å². The van der Waals surface area contributed by atoms with Gasteiger partial charge in [-0.25, -0.2) is 0 Å². The fourth-order valence-corrected chi connectivity index (χ4v) is 9.63. The molecular weight excluding hydrogens is 841 g/mol. The highest BCUT2D eigenvalue weighted by Crippen LogP contribution is 2.18. The van der Waals surface area contributed by atoms with Gasteiger partial charge in [-0.2, -0.15) is 0 Å². The van der Waals surface area contributed by atoms with Gasteiger partial charge in [0.05, 0.1) is 0 Å². The summed E-state index contributed by atoms with van der Waals surface area (Å²) >= 11 is 0. The number of carbonyl (C=O) groups excluding carboxylic acids is 3. The molecule has 0 aliphatic carbocycles. The second-order valence-electron chi connectivity index (χ2n) is 21.8. The number of unbranched alkanes of at least 4 members (excludes halogenated alkanes) is 44. The van der Waals surface area contributed by atoms with Gasteiger partial charge in [0.1, 0.15) is 13.2 Å². The van der Waals surface area contributed by atoms with Crippen LogP contribution < -0.4 is 0 Å². The Morgan fingerprint density at radius 1 is 0.279 bits per heavy atom. The van der Waals surface area contributed by atoms with Crippen molar-refractivity contribution in [3.63, 3.8) is 0 Å². The molecule has 6 nitrogen and oxygen atoms in total. The SMILES string of the molecule is CCCCCCCCCCCCCCCCCCCC(=O)OC[C@H](COC(=O)CCCCCCCCCCCCCC)OC(=O)CCCCCCCCCCCCCCCCCCCCC(C)C. The monoisotopic (exact) mass is 961 g/mol. The molecule has 0 rings (SSSR count). The summed E-state index contributed by atoms with van der Waals surface area (Å²) in [4.78, 5) is 38.2. The van der Waals surface area contributed by atoms with E-state index in [0.29, 0.717) is 19.3 Å². The minimum Gasteiger partial charge on any atom is -0.462 e. The molecule has 0 aromatic rings. The first-order chi connectivity index (χ1) is 33.4. The average molecular weight is 962 g/mol.